The summed E-state index contributed by atoms with van der Waals surface area (Å²) in [5, 5.41) is 0. The summed E-state index contributed by atoms with van der Waals surface area (Å²) in [5.41, 5.74) is 10.0. The summed E-state index contributed by atoms with van der Waals surface area (Å²) in [6.45, 7) is 1.93. The lowest BCUT2D eigenvalue weighted by Gasteiger charge is -2.37. The third-order valence-corrected chi connectivity index (χ3v) is 7.50. The second kappa shape index (κ2) is 9.74. The maximum Gasteiger partial charge on any atom is 0.238 e. The van der Waals surface area contributed by atoms with Crippen LogP contribution in [0.25, 0.3) is 0 Å². The second-order valence-corrected chi connectivity index (χ2v) is 9.47. The minimum absolute atomic E-state index is 0.155. The number of amides is 1. The predicted molar refractivity (Wildman–Crippen MR) is 136 cm³/mol. The molecule has 2 fully saturated rings. The number of allylic oxidation sites excluding steroid dienone is 1. The molecule has 1 saturated heterocycles. The van der Waals surface area contributed by atoms with Gasteiger partial charge in [-0.05, 0) is 73.4 Å². The van der Waals surface area contributed by atoms with Gasteiger partial charge in [-0.3, -0.25) is 9.79 Å². The van der Waals surface area contributed by atoms with Gasteiger partial charge in [-0.15, -0.1) is 0 Å². The minimum Gasteiger partial charge on any atom is -0.497 e. The summed E-state index contributed by atoms with van der Waals surface area (Å²) in [5.74, 6) is 1.64. The molecule has 0 bridgehead atoms. The number of rotatable bonds is 7. The molecular formula is C28H33N3O4. The largest absolute Gasteiger partial charge is 0.497 e. The lowest BCUT2D eigenvalue weighted by molar-refractivity contribution is -0.126. The number of ether oxygens (including phenoxy) is 3. The van der Waals surface area contributed by atoms with Crippen LogP contribution in [0.15, 0.2) is 53.7 Å². The SMILES string of the molecule is COc1ccc(CN2C(=O)C3(CCC3)c3cc(C(C=CN)=NC4CCOCC4)cc(OC)c32)cc1. The van der Waals surface area contributed by atoms with E-state index in [-0.39, 0.29) is 11.9 Å². The van der Waals surface area contributed by atoms with E-state index in [1.165, 1.54) is 6.20 Å². The van der Waals surface area contributed by atoms with Crippen molar-refractivity contribution >= 4 is 17.3 Å². The van der Waals surface area contributed by atoms with Gasteiger partial charge in [0.15, 0.2) is 0 Å². The Morgan fingerprint density at radius 1 is 1.17 bits per heavy atom. The molecule has 7 heteroatoms. The first-order valence-corrected chi connectivity index (χ1v) is 12.3. The molecule has 0 atom stereocenters. The molecule has 5 rings (SSSR count). The molecule has 7 nitrogen and oxygen atoms in total. The standard InChI is InChI=1S/C28H33N3O4/c1-33-22-6-4-19(5-7-22)18-31-26-23(28(27(31)32)11-3-12-28)16-20(17-25(26)34-2)24(8-13-29)30-21-9-14-35-15-10-21/h4-8,13,16-17,21H,3,9-12,14-15,18,29H2,1-2H3. The molecule has 2 aromatic carbocycles. The van der Waals surface area contributed by atoms with Crippen molar-refractivity contribution in [2.75, 3.05) is 32.3 Å². The van der Waals surface area contributed by atoms with Gasteiger partial charge in [0.05, 0.1) is 43.6 Å². The molecule has 35 heavy (non-hydrogen) atoms. The Labute approximate surface area is 206 Å². The summed E-state index contributed by atoms with van der Waals surface area (Å²) in [6.07, 6.45) is 7.89. The number of aliphatic imine (C=N–C) groups is 1. The van der Waals surface area contributed by atoms with Gasteiger partial charge in [0.1, 0.15) is 11.5 Å². The van der Waals surface area contributed by atoms with Crippen LogP contribution in [0.3, 0.4) is 0 Å². The van der Waals surface area contributed by atoms with Crippen LogP contribution in [0.5, 0.6) is 11.5 Å². The Bertz CT molecular complexity index is 1150. The molecule has 0 radical (unpaired) electrons. The number of benzene rings is 2. The van der Waals surface area contributed by atoms with Crippen LogP contribution in [0.1, 0.15) is 48.8 Å². The highest BCUT2D eigenvalue weighted by Gasteiger charge is 2.55. The van der Waals surface area contributed by atoms with E-state index in [9.17, 15) is 4.79 Å². The average Bonchev–Trinajstić information content (AvgIpc) is 3.12. The van der Waals surface area contributed by atoms with E-state index in [0.29, 0.717) is 12.3 Å². The summed E-state index contributed by atoms with van der Waals surface area (Å²) in [4.78, 5) is 20.8. The lowest BCUT2D eigenvalue weighted by Crippen LogP contribution is -2.44. The van der Waals surface area contributed by atoms with Crippen molar-refractivity contribution in [3.05, 3.63) is 65.4 Å². The van der Waals surface area contributed by atoms with Crippen molar-refractivity contribution in [3.63, 3.8) is 0 Å². The molecule has 2 N–H and O–H groups in total. The smallest absolute Gasteiger partial charge is 0.238 e. The predicted octanol–water partition coefficient (Wildman–Crippen LogP) is 4.11. The third kappa shape index (κ3) is 4.18. The number of methoxy groups -OCH3 is 2. The number of carbonyl (C=O) groups excluding carboxylic acids is 1. The zero-order chi connectivity index (χ0) is 24.4. The maximum atomic E-state index is 13.9. The summed E-state index contributed by atoms with van der Waals surface area (Å²) >= 11 is 0. The molecule has 2 aromatic rings. The second-order valence-electron chi connectivity index (χ2n) is 9.47. The van der Waals surface area contributed by atoms with Crippen LogP contribution < -0.4 is 20.1 Å². The fourth-order valence-corrected chi connectivity index (χ4v) is 5.42. The third-order valence-electron chi connectivity index (χ3n) is 7.50. The molecule has 2 heterocycles. The molecule has 2 aliphatic heterocycles. The highest BCUT2D eigenvalue weighted by atomic mass is 16.5. The number of hydrogen-bond acceptors (Lipinski definition) is 6. The van der Waals surface area contributed by atoms with Crippen LogP contribution in [-0.4, -0.2) is 45.1 Å². The van der Waals surface area contributed by atoms with Crippen molar-refractivity contribution in [3.8, 4) is 11.5 Å². The van der Waals surface area contributed by atoms with Gasteiger partial charge in [-0.1, -0.05) is 18.6 Å². The first-order valence-electron chi connectivity index (χ1n) is 12.3. The average molecular weight is 476 g/mol. The first kappa shape index (κ1) is 23.4. The van der Waals surface area contributed by atoms with Crippen LogP contribution in [-0.2, 0) is 21.5 Å². The Morgan fingerprint density at radius 3 is 2.51 bits per heavy atom. The normalized spacial score (nSPS) is 19.8. The summed E-state index contributed by atoms with van der Waals surface area (Å²) < 4.78 is 16.7. The number of carbonyl (C=O) groups is 1. The number of fused-ring (bicyclic) bond motifs is 2. The quantitative estimate of drug-likeness (QED) is 0.609. The Balaban J connectivity index is 1.57. The Hall–Kier alpha value is -3.32. The zero-order valence-corrected chi connectivity index (χ0v) is 20.5. The monoisotopic (exact) mass is 475 g/mol. The van der Waals surface area contributed by atoms with Gasteiger partial charge >= 0.3 is 0 Å². The summed E-state index contributed by atoms with van der Waals surface area (Å²) in [7, 11) is 3.31. The van der Waals surface area contributed by atoms with Crippen molar-refractivity contribution in [2.45, 2.75) is 50.1 Å². The van der Waals surface area contributed by atoms with E-state index < -0.39 is 5.41 Å². The highest BCUT2D eigenvalue weighted by Crippen LogP contribution is 2.56. The molecule has 184 valence electrons. The minimum atomic E-state index is -0.485. The number of anilines is 1. The molecule has 0 unspecified atom stereocenters. The molecule has 1 spiro atoms. The zero-order valence-electron chi connectivity index (χ0n) is 20.5. The van der Waals surface area contributed by atoms with Crippen molar-refractivity contribution in [1.82, 2.24) is 0 Å². The van der Waals surface area contributed by atoms with Crippen LogP contribution in [0.4, 0.5) is 5.69 Å². The van der Waals surface area contributed by atoms with E-state index in [1.807, 2.05) is 41.3 Å². The Kier molecular flexibility index (Phi) is 6.52. The van der Waals surface area contributed by atoms with Crippen LogP contribution in [0, 0.1) is 0 Å². The van der Waals surface area contributed by atoms with Gasteiger partial charge in [-0.25, -0.2) is 0 Å². The topological polar surface area (TPSA) is 86.4 Å². The van der Waals surface area contributed by atoms with Crippen molar-refractivity contribution in [1.29, 1.82) is 0 Å². The van der Waals surface area contributed by atoms with E-state index in [1.54, 1.807) is 14.2 Å². The van der Waals surface area contributed by atoms with Crippen LogP contribution >= 0.6 is 0 Å². The summed E-state index contributed by atoms with van der Waals surface area (Å²) in [6, 6.07) is 12.2. The maximum absolute atomic E-state index is 13.9. The number of hydrogen-bond donors (Lipinski definition) is 1. The lowest BCUT2D eigenvalue weighted by atomic mass is 9.65. The first-order chi connectivity index (χ1) is 17.1. The van der Waals surface area contributed by atoms with Crippen molar-refractivity contribution in [2.24, 2.45) is 10.7 Å². The van der Waals surface area contributed by atoms with E-state index in [4.69, 9.17) is 24.9 Å². The van der Waals surface area contributed by atoms with Gasteiger partial charge in [0.2, 0.25) is 5.91 Å². The highest BCUT2D eigenvalue weighted by molar-refractivity contribution is 6.14. The Morgan fingerprint density at radius 2 is 1.91 bits per heavy atom. The van der Waals surface area contributed by atoms with Crippen LogP contribution in [0.2, 0.25) is 0 Å². The van der Waals surface area contributed by atoms with E-state index >= 15 is 0 Å². The van der Waals surface area contributed by atoms with Gasteiger partial charge in [-0.2, -0.15) is 0 Å². The molecule has 3 aliphatic rings. The van der Waals surface area contributed by atoms with E-state index in [2.05, 4.69) is 6.07 Å². The molecule has 1 saturated carbocycles. The molecular weight excluding hydrogens is 442 g/mol. The van der Waals surface area contributed by atoms with Gasteiger partial charge in [0.25, 0.3) is 0 Å². The molecule has 0 aromatic heterocycles. The molecule has 1 aliphatic carbocycles. The number of nitrogens with zero attached hydrogens (tertiary/aromatic N) is 2. The van der Waals surface area contributed by atoms with E-state index in [0.717, 1.165) is 79.2 Å². The van der Waals surface area contributed by atoms with Gasteiger partial charge in [0, 0.05) is 18.8 Å². The fraction of sp³-hybridized carbons (Fsp3) is 0.429. The number of nitrogens with two attached hydrogens (primary N) is 1. The fourth-order valence-electron chi connectivity index (χ4n) is 5.42. The van der Waals surface area contributed by atoms with Crippen molar-refractivity contribution < 1.29 is 19.0 Å². The molecule has 1 amide bonds. The van der Waals surface area contributed by atoms with Gasteiger partial charge < -0.3 is 24.8 Å².